The number of anilines is 1. The minimum Gasteiger partial charge on any atom is -0.481 e. The Labute approximate surface area is 189 Å². The van der Waals surface area contributed by atoms with Crippen LogP contribution >= 0.6 is 0 Å². The molecule has 0 aliphatic carbocycles. The highest BCUT2D eigenvalue weighted by Gasteiger charge is 2.32. The molecule has 0 spiro atoms. The van der Waals surface area contributed by atoms with Gasteiger partial charge in [-0.2, -0.15) is 13.2 Å². The van der Waals surface area contributed by atoms with Gasteiger partial charge in [0, 0.05) is 31.0 Å². The molecule has 2 N–H and O–H groups in total. The number of carboxylic acids is 1. The number of hydrogen-bond donors (Lipinski definition) is 2. The summed E-state index contributed by atoms with van der Waals surface area (Å²) in [7, 11) is 0. The van der Waals surface area contributed by atoms with E-state index >= 15 is 0 Å². The lowest BCUT2D eigenvalue weighted by atomic mass is 9.88. The molecule has 1 aliphatic heterocycles. The number of aromatic nitrogens is 1. The van der Waals surface area contributed by atoms with E-state index in [4.69, 9.17) is 5.11 Å². The number of unbranched alkanes of at least 4 members (excludes halogenated alkanes) is 1. The maximum absolute atomic E-state index is 14.2. The van der Waals surface area contributed by atoms with E-state index in [0.29, 0.717) is 37.5 Å². The molecule has 0 saturated carbocycles. The van der Waals surface area contributed by atoms with E-state index in [9.17, 15) is 27.2 Å². The first-order valence-corrected chi connectivity index (χ1v) is 11.0. The van der Waals surface area contributed by atoms with Crippen LogP contribution in [-0.4, -0.2) is 28.4 Å². The highest BCUT2D eigenvalue weighted by molar-refractivity contribution is 5.80. The number of hydrogen-bond acceptors (Lipinski definition) is 4. The van der Waals surface area contributed by atoms with Crippen LogP contribution in [0.3, 0.4) is 0 Å². The van der Waals surface area contributed by atoms with E-state index < -0.39 is 41.4 Å². The fourth-order valence-electron chi connectivity index (χ4n) is 4.05. The minimum absolute atomic E-state index is 0.139. The molecule has 0 bridgehead atoms. The number of fused-ring (bicyclic) bond motifs is 1. The number of nitrogens with zero attached hydrogens (tertiary/aromatic N) is 1. The molecule has 1 atom stereocenters. The molecule has 0 unspecified atom stereocenters. The van der Waals surface area contributed by atoms with Gasteiger partial charge < -0.3 is 10.4 Å². The number of carbonyl (C=O) groups is 2. The molecule has 1 aromatic heterocycles. The Morgan fingerprint density at radius 3 is 2.64 bits per heavy atom. The van der Waals surface area contributed by atoms with Gasteiger partial charge in [-0.05, 0) is 67.5 Å². The van der Waals surface area contributed by atoms with Gasteiger partial charge in [0.15, 0.2) is 0 Å². The largest absolute Gasteiger partial charge is 0.481 e. The van der Waals surface area contributed by atoms with Crippen molar-refractivity contribution < 1.29 is 32.3 Å². The average Bonchev–Trinajstić information content (AvgIpc) is 2.75. The summed E-state index contributed by atoms with van der Waals surface area (Å²) in [6, 6.07) is 5.88. The van der Waals surface area contributed by atoms with Gasteiger partial charge in [-0.1, -0.05) is 6.07 Å². The van der Waals surface area contributed by atoms with Gasteiger partial charge in [0.25, 0.3) is 0 Å². The van der Waals surface area contributed by atoms with Crippen LogP contribution in [0.2, 0.25) is 0 Å². The minimum atomic E-state index is -4.69. The van der Waals surface area contributed by atoms with Crippen molar-refractivity contribution >= 4 is 17.6 Å². The van der Waals surface area contributed by atoms with E-state index in [2.05, 4.69) is 16.4 Å². The van der Waals surface area contributed by atoms with Crippen molar-refractivity contribution in [3.8, 4) is 0 Å². The Morgan fingerprint density at radius 1 is 1.12 bits per heavy atom. The van der Waals surface area contributed by atoms with Gasteiger partial charge in [-0.25, -0.2) is 9.37 Å². The second-order valence-corrected chi connectivity index (χ2v) is 8.32. The second kappa shape index (κ2) is 10.8. The zero-order valence-electron chi connectivity index (χ0n) is 18.1. The molecule has 1 aromatic carbocycles. The number of halogens is 4. The highest BCUT2D eigenvalue weighted by atomic mass is 19.4. The van der Waals surface area contributed by atoms with Crippen molar-refractivity contribution in [1.82, 2.24) is 4.98 Å². The lowest BCUT2D eigenvalue weighted by molar-refractivity contribution is -0.138. The van der Waals surface area contributed by atoms with Crippen LogP contribution in [-0.2, 0) is 28.6 Å². The van der Waals surface area contributed by atoms with Gasteiger partial charge in [-0.15, -0.1) is 0 Å². The maximum atomic E-state index is 14.2. The number of aryl methyl sites for hydroxylation is 2. The Hall–Kier alpha value is -2.97. The molecular formula is C24H26F4N2O3. The van der Waals surface area contributed by atoms with Crippen molar-refractivity contribution in [1.29, 1.82) is 0 Å². The first-order valence-electron chi connectivity index (χ1n) is 11.0. The molecule has 5 nitrogen and oxygen atoms in total. The van der Waals surface area contributed by atoms with Crippen molar-refractivity contribution in [3.05, 3.63) is 58.5 Å². The Kier molecular flexibility index (Phi) is 8.05. The van der Waals surface area contributed by atoms with Gasteiger partial charge in [0.2, 0.25) is 0 Å². The summed E-state index contributed by atoms with van der Waals surface area (Å²) in [5.41, 5.74) is 0.622. The summed E-state index contributed by atoms with van der Waals surface area (Å²) < 4.78 is 53.3. The predicted octanol–water partition coefficient (Wildman–Crippen LogP) is 5.53. The zero-order chi connectivity index (χ0) is 24.0. The summed E-state index contributed by atoms with van der Waals surface area (Å²) in [5.74, 6) is -2.83. The SMILES string of the molecule is O=C(O)C[C@H](CC(=O)CCCCc1ccc2c(n1)NCCC2)c1cc(C(F)(F)F)ccc1F. The number of carbonyl (C=O) groups excluding carboxylic acids is 1. The summed E-state index contributed by atoms with van der Waals surface area (Å²) >= 11 is 0. The number of alkyl halides is 3. The smallest absolute Gasteiger partial charge is 0.416 e. The third kappa shape index (κ3) is 7.00. The highest BCUT2D eigenvalue weighted by Crippen LogP contribution is 2.34. The first kappa shape index (κ1) is 24.7. The van der Waals surface area contributed by atoms with Crippen molar-refractivity contribution in [2.75, 3.05) is 11.9 Å². The zero-order valence-corrected chi connectivity index (χ0v) is 18.1. The van der Waals surface area contributed by atoms with Crippen LogP contribution in [0.15, 0.2) is 30.3 Å². The number of carboxylic acid groups (broad SMARTS) is 1. The second-order valence-electron chi connectivity index (χ2n) is 8.32. The predicted molar refractivity (Wildman–Crippen MR) is 115 cm³/mol. The normalized spacial score (nSPS) is 14.3. The van der Waals surface area contributed by atoms with Gasteiger partial charge in [0.1, 0.15) is 17.4 Å². The van der Waals surface area contributed by atoms with Gasteiger partial charge >= 0.3 is 12.1 Å². The molecule has 1 aliphatic rings. The summed E-state index contributed by atoms with van der Waals surface area (Å²) in [5, 5.41) is 12.4. The van der Waals surface area contributed by atoms with E-state index in [0.717, 1.165) is 30.9 Å². The molecule has 0 amide bonds. The topological polar surface area (TPSA) is 79.3 Å². The Bertz CT molecular complexity index is 1010. The molecule has 2 heterocycles. The lowest BCUT2D eigenvalue weighted by Gasteiger charge is -2.18. The van der Waals surface area contributed by atoms with E-state index in [1.54, 1.807) is 0 Å². The van der Waals surface area contributed by atoms with Crippen LogP contribution < -0.4 is 5.32 Å². The molecule has 2 aromatic rings. The number of pyridine rings is 1. The van der Waals surface area contributed by atoms with Crippen LogP contribution in [0.5, 0.6) is 0 Å². The van der Waals surface area contributed by atoms with Crippen molar-refractivity contribution in [3.63, 3.8) is 0 Å². The molecule has 33 heavy (non-hydrogen) atoms. The molecule has 0 fully saturated rings. The van der Waals surface area contributed by atoms with Crippen molar-refractivity contribution in [2.45, 2.75) is 63.5 Å². The average molecular weight is 466 g/mol. The fraction of sp³-hybridized carbons (Fsp3) is 0.458. The lowest BCUT2D eigenvalue weighted by Crippen LogP contribution is -2.15. The molecule has 0 saturated heterocycles. The van der Waals surface area contributed by atoms with Crippen molar-refractivity contribution in [2.24, 2.45) is 0 Å². The third-order valence-corrected chi connectivity index (χ3v) is 5.75. The standard InChI is InChI=1S/C24H26F4N2O3/c25-21-10-8-17(24(26,27)28)14-20(21)16(13-22(32)33)12-19(31)6-2-1-5-18-9-7-15-4-3-11-29-23(15)30-18/h7-10,14,16H,1-6,11-13H2,(H,29,30)(H,32,33)/t16-/m0/s1. The fourth-order valence-corrected chi connectivity index (χ4v) is 4.05. The Morgan fingerprint density at radius 2 is 1.91 bits per heavy atom. The van der Waals surface area contributed by atoms with Crippen LogP contribution in [0.1, 0.15) is 66.8 Å². The van der Waals surface area contributed by atoms with Crippen LogP contribution in [0.25, 0.3) is 0 Å². The van der Waals surface area contributed by atoms with Crippen LogP contribution in [0.4, 0.5) is 23.4 Å². The summed E-state index contributed by atoms with van der Waals surface area (Å²) in [6.45, 7) is 0.891. The number of rotatable bonds is 10. The monoisotopic (exact) mass is 466 g/mol. The number of Topliss-reactive ketones (excluding diaryl/α,β-unsaturated/α-hetero) is 1. The molecule has 178 valence electrons. The summed E-state index contributed by atoms with van der Waals surface area (Å²) in [6.07, 6.45) is -1.57. The number of ketones is 1. The quantitative estimate of drug-likeness (QED) is 0.356. The van der Waals surface area contributed by atoms with E-state index in [1.807, 2.05) is 6.07 Å². The number of aliphatic carboxylic acids is 1. The first-order chi connectivity index (χ1) is 15.6. The number of nitrogens with one attached hydrogen (secondary N) is 1. The third-order valence-electron chi connectivity index (χ3n) is 5.75. The molecular weight excluding hydrogens is 440 g/mol. The molecule has 9 heteroatoms. The Balaban J connectivity index is 1.57. The van der Waals surface area contributed by atoms with Crippen LogP contribution in [0, 0.1) is 5.82 Å². The summed E-state index contributed by atoms with van der Waals surface area (Å²) in [4.78, 5) is 28.2. The molecule has 3 rings (SSSR count). The van der Waals surface area contributed by atoms with E-state index in [-0.39, 0.29) is 18.6 Å². The van der Waals surface area contributed by atoms with Gasteiger partial charge in [0.05, 0.1) is 12.0 Å². The van der Waals surface area contributed by atoms with E-state index in [1.165, 1.54) is 5.56 Å². The maximum Gasteiger partial charge on any atom is 0.416 e. The van der Waals surface area contributed by atoms with Gasteiger partial charge in [-0.3, -0.25) is 9.59 Å². The molecule has 0 radical (unpaired) electrons. The number of benzene rings is 1.